The zero-order valence-electron chi connectivity index (χ0n) is 11.5. The molecule has 0 fully saturated rings. The molecule has 0 bridgehead atoms. The predicted molar refractivity (Wildman–Crippen MR) is 81.9 cm³/mol. The van der Waals surface area contributed by atoms with Gasteiger partial charge in [-0.25, -0.2) is 14.4 Å². The first kappa shape index (κ1) is 13.2. The Labute approximate surface area is 122 Å². The molecule has 4 heteroatoms. The van der Waals surface area contributed by atoms with Crippen LogP contribution >= 0.6 is 0 Å². The number of aromatic nitrogens is 2. The van der Waals surface area contributed by atoms with Gasteiger partial charge in [-0.05, 0) is 37.3 Å². The van der Waals surface area contributed by atoms with Crippen LogP contribution in [0.15, 0.2) is 60.7 Å². The van der Waals surface area contributed by atoms with Crippen LogP contribution in [0, 0.1) is 12.7 Å². The Hall–Kier alpha value is -2.75. The number of nitrogens with zero attached hydrogens (tertiary/aromatic N) is 2. The lowest BCUT2D eigenvalue weighted by Crippen LogP contribution is -2.00. The third-order valence-electron chi connectivity index (χ3n) is 3.02. The van der Waals surface area contributed by atoms with Gasteiger partial charge in [-0.15, -0.1) is 0 Å². The average molecular weight is 279 g/mol. The molecular formula is C17H14FN3. The van der Waals surface area contributed by atoms with E-state index in [0.29, 0.717) is 5.95 Å². The Kier molecular flexibility index (Phi) is 3.60. The highest BCUT2D eigenvalue weighted by Crippen LogP contribution is 2.20. The topological polar surface area (TPSA) is 37.8 Å². The summed E-state index contributed by atoms with van der Waals surface area (Å²) in [6.45, 7) is 1.92. The van der Waals surface area contributed by atoms with Crippen molar-refractivity contribution in [2.45, 2.75) is 6.92 Å². The summed E-state index contributed by atoms with van der Waals surface area (Å²) in [6.07, 6.45) is 0. The molecule has 3 rings (SSSR count). The minimum Gasteiger partial charge on any atom is -0.324 e. The van der Waals surface area contributed by atoms with Crippen LogP contribution in [0.5, 0.6) is 0 Å². The molecule has 21 heavy (non-hydrogen) atoms. The van der Waals surface area contributed by atoms with Crippen molar-refractivity contribution in [1.29, 1.82) is 0 Å². The van der Waals surface area contributed by atoms with Crippen molar-refractivity contribution < 1.29 is 4.39 Å². The van der Waals surface area contributed by atoms with Crippen molar-refractivity contribution in [2.75, 3.05) is 5.32 Å². The Morgan fingerprint density at radius 1 is 0.905 bits per heavy atom. The molecule has 0 unspecified atom stereocenters. The maximum atomic E-state index is 12.9. The van der Waals surface area contributed by atoms with Gasteiger partial charge in [0.15, 0.2) is 0 Å². The molecule has 0 aliphatic carbocycles. The predicted octanol–water partition coefficient (Wildman–Crippen LogP) is 4.33. The second kappa shape index (κ2) is 5.71. The number of halogens is 1. The third-order valence-corrected chi connectivity index (χ3v) is 3.02. The van der Waals surface area contributed by atoms with Gasteiger partial charge in [-0.3, -0.25) is 0 Å². The molecule has 3 aromatic rings. The molecule has 0 amide bonds. The van der Waals surface area contributed by atoms with E-state index < -0.39 is 0 Å². The van der Waals surface area contributed by atoms with Gasteiger partial charge in [0.1, 0.15) is 5.82 Å². The summed E-state index contributed by atoms with van der Waals surface area (Å²) >= 11 is 0. The molecular weight excluding hydrogens is 265 g/mol. The molecule has 0 aliphatic heterocycles. The monoisotopic (exact) mass is 279 g/mol. The van der Waals surface area contributed by atoms with Crippen molar-refractivity contribution in [3.8, 4) is 11.3 Å². The summed E-state index contributed by atoms with van der Waals surface area (Å²) in [5, 5.41) is 3.09. The fourth-order valence-electron chi connectivity index (χ4n) is 2.04. The zero-order chi connectivity index (χ0) is 14.7. The molecule has 0 radical (unpaired) electrons. The van der Waals surface area contributed by atoms with E-state index in [-0.39, 0.29) is 5.82 Å². The van der Waals surface area contributed by atoms with Gasteiger partial charge in [0.05, 0.1) is 5.69 Å². The lowest BCUT2D eigenvalue weighted by atomic mass is 10.1. The van der Waals surface area contributed by atoms with Gasteiger partial charge in [-0.1, -0.05) is 30.3 Å². The molecule has 0 aliphatic rings. The molecule has 2 aromatic carbocycles. The van der Waals surface area contributed by atoms with E-state index in [1.54, 1.807) is 12.1 Å². The van der Waals surface area contributed by atoms with Gasteiger partial charge in [0, 0.05) is 16.9 Å². The van der Waals surface area contributed by atoms with Gasteiger partial charge in [0.2, 0.25) is 5.95 Å². The average Bonchev–Trinajstić information content (AvgIpc) is 2.50. The fraction of sp³-hybridized carbons (Fsp3) is 0.0588. The summed E-state index contributed by atoms with van der Waals surface area (Å²) in [5.74, 6) is 0.233. The number of rotatable bonds is 3. The van der Waals surface area contributed by atoms with Crippen LogP contribution in [-0.2, 0) is 0 Å². The van der Waals surface area contributed by atoms with Gasteiger partial charge >= 0.3 is 0 Å². The van der Waals surface area contributed by atoms with Gasteiger partial charge < -0.3 is 5.32 Å². The molecule has 0 saturated heterocycles. The summed E-state index contributed by atoms with van der Waals surface area (Å²) in [6, 6.07) is 18.0. The molecule has 0 atom stereocenters. The van der Waals surface area contributed by atoms with Crippen LogP contribution < -0.4 is 5.32 Å². The molecule has 1 aromatic heterocycles. The highest BCUT2D eigenvalue weighted by molar-refractivity contribution is 5.62. The molecule has 1 heterocycles. The van der Waals surface area contributed by atoms with E-state index in [0.717, 1.165) is 22.6 Å². The fourth-order valence-corrected chi connectivity index (χ4v) is 2.04. The quantitative estimate of drug-likeness (QED) is 0.775. The molecule has 0 spiro atoms. The van der Waals surface area contributed by atoms with Crippen LogP contribution in [0.1, 0.15) is 5.69 Å². The highest BCUT2D eigenvalue weighted by atomic mass is 19.1. The van der Waals surface area contributed by atoms with E-state index in [4.69, 9.17) is 0 Å². The molecule has 104 valence electrons. The van der Waals surface area contributed by atoms with Crippen LogP contribution in [0.2, 0.25) is 0 Å². The van der Waals surface area contributed by atoms with Crippen LogP contribution in [0.4, 0.5) is 16.0 Å². The van der Waals surface area contributed by atoms with E-state index in [1.807, 2.05) is 43.3 Å². The van der Waals surface area contributed by atoms with Crippen molar-refractivity contribution >= 4 is 11.6 Å². The van der Waals surface area contributed by atoms with Gasteiger partial charge in [0.25, 0.3) is 0 Å². The van der Waals surface area contributed by atoms with E-state index >= 15 is 0 Å². The number of anilines is 2. The molecule has 3 nitrogen and oxygen atoms in total. The number of nitrogens with one attached hydrogen (secondary N) is 1. The standard InChI is InChI=1S/C17H14FN3/c1-12-11-16(13-5-3-2-4-6-13)21-17(19-12)20-15-9-7-14(18)8-10-15/h2-11H,1H3,(H,19,20,21). The smallest absolute Gasteiger partial charge is 0.227 e. The Morgan fingerprint density at radius 2 is 1.62 bits per heavy atom. The Balaban J connectivity index is 1.93. The Bertz CT molecular complexity index is 740. The van der Waals surface area contributed by atoms with Crippen LogP contribution in [0.3, 0.4) is 0 Å². The van der Waals surface area contributed by atoms with Gasteiger partial charge in [-0.2, -0.15) is 0 Å². The van der Waals surface area contributed by atoms with E-state index in [1.165, 1.54) is 12.1 Å². The van der Waals surface area contributed by atoms with E-state index in [9.17, 15) is 4.39 Å². The maximum absolute atomic E-state index is 12.9. The lowest BCUT2D eigenvalue weighted by Gasteiger charge is -2.08. The summed E-state index contributed by atoms with van der Waals surface area (Å²) < 4.78 is 12.9. The van der Waals surface area contributed by atoms with Crippen molar-refractivity contribution in [2.24, 2.45) is 0 Å². The summed E-state index contributed by atoms with van der Waals surface area (Å²) in [5.41, 5.74) is 3.51. The second-order valence-corrected chi connectivity index (χ2v) is 4.72. The maximum Gasteiger partial charge on any atom is 0.227 e. The molecule has 0 saturated carbocycles. The number of hydrogen-bond donors (Lipinski definition) is 1. The van der Waals surface area contributed by atoms with Crippen LogP contribution in [-0.4, -0.2) is 9.97 Å². The van der Waals surface area contributed by atoms with Crippen molar-refractivity contribution in [3.63, 3.8) is 0 Å². The van der Waals surface area contributed by atoms with E-state index in [2.05, 4.69) is 15.3 Å². The number of benzene rings is 2. The largest absolute Gasteiger partial charge is 0.324 e. The van der Waals surface area contributed by atoms with Crippen LogP contribution in [0.25, 0.3) is 11.3 Å². The normalized spacial score (nSPS) is 10.4. The minimum absolute atomic E-state index is 0.268. The first-order valence-corrected chi connectivity index (χ1v) is 6.64. The summed E-state index contributed by atoms with van der Waals surface area (Å²) in [7, 11) is 0. The lowest BCUT2D eigenvalue weighted by molar-refractivity contribution is 0.628. The third kappa shape index (κ3) is 3.23. The van der Waals surface area contributed by atoms with Crippen molar-refractivity contribution in [1.82, 2.24) is 9.97 Å². The number of hydrogen-bond acceptors (Lipinski definition) is 3. The minimum atomic E-state index is -0.268. The first-order chi connectivity index (χ1) is 10.2. The SMILES string of the molecule is Cc1cc(-c2ccccc2)nc(Nc2ccc(F)cc2)n1. The second-order valence-electron chi connectivity index (χ2n) is 4.72. The zero-order valence-corrected chi connectivity index (χ0v) is 11.5. The highest BCUT2D eigenvalue weighted by Gasteiger charge is 2.05. The number of aryl methyl sites for hydroxylation is 1. The summed E-state index contributed by atoms with van der Waals surface area (Å²) in [4.78, 5) is 8.87. The Morgan fingerprint density at radius 3 is 2.33 bits per heavy atom. The first-order valence-electron chi connectivity index (χ1n) is 6.64. The van der Waals surface area contributed by atoms with Crippen molar-refractivity contribution in [3.05, 3.63) is 72.2 Å². The molecule has 1 N–H and O–H groups in total.